The predicted octanol–water partition coefficient (Wildman–Crippen LogP) is 3.62. The third-order valence-electron chi connectivity index (χ3n) is 2.59. The van der Waals surface area contributed by atoms with Gasteiger partial charge in [0.15, 0.2) is 0 Å². The van der Waals surface area contributed by atoms with Crippen LogP contribution in [-0.4, -0.2) is 4.57 Å². The first kappa shape index (κ1) is 9.32. The van der Waals surface area contributed by atoms with Crippen LogP contribution in [0.5, 0.6) is 0 Å². The number of aromatic nitrogens is 1. The highest BCUT2D eigenvalue weighted by molar-refractivity contribution is 5.85. The highest BCUT2D eigenvalue weighted by atomic mass is 14.9. The number of hydrogen-bond donors (Lipinski definition) is 0. The molecular formula is C13H16N. The number of fused-ring (bicyclic) bond motifs is 1. The lowest BCUT2D eigenvalue weighted by Crippen LogP contribution is -1.93. The molecule has 0 saturated heterocycles. The van der Waals surface area contributed by atoms with Gasteiger partial charge >= 0.3 is 0 Å². The van der Waals surface area contributed by atoms with E-state index in [2.05, 4.69) is 55.3 Å². The standard InChI is InChI=1S/C13H16N/c1-3-9-14-10-11(4-2)12-7-5-6-8-13(12)14/h4-8,10H,3,9H2,1-2H3. The van der Waals surface area contributed by atoms with E-state index in [0.717, 1.165) is 6.54 Å². The molecule has 1 nitrogen and oxygen atoms in total. The lowest BCUT2D eigenvalue weighted by molar-refractivity contribution is 0.702. The zero-order valence-corrected chi connectivity index (χ0v) is 8.83. The number of benzene rings is 1. The van der Waals surface area contributed by atoms with Crippen LogP contribution in [0.15, 0.2) is 30.5 Å². The second kappa shape index (κ2) is 3.87. The van der Waals surface area contributed by atoms with Gasteiger partial charge in [0.05, 0.1) is 0 Å². The summed E-state index contributed by atoms with van der Waals surface area (Å²) in [6.45, 7) is 5.41. The molecule has 1 heteroatoms. The van der Waals surface area contributed by atoms with Gasteiger partial charge in [-0.2, -0.15) is 0 Å². The fourth-order valence-electron chi connectivity index (χ4n) is 1.93. The van der Waals surface area contributed by atoms with Crippen molar-refractivity contribution >= 4 is 10.9 Å². The molecule has 1 radical (unpaired) electrons. The summed E-state index contributed by atoms with van der Waals surface area (Å²) in [5.41, 5.74) is 2.69. The summed E-state index contributed by atoms with van der Waals surface area (Å²) < 4.78 is 2.34. The molecule has 0 N–H and O–H groups in total. The van der Waals surface area contributed by atoms with Gasteiger partial charge in [-0.3, -0.25) is 0 Å². The molecular weight excluding hydrogens is 170 g/mol. The van der Waals surface area contributed by atoms with E-state index in [-0.39, 0.29) is 0 Å². The van der Waals surface area contributed by atoms with Crippen molar-refractivity contribution in [3.05, 3.63) is 42.4 Å². The van der Waals surface area contributed by atoms with Crippen LogP contribution in [0.4, 0.5) is 0 Å². The molecule has 0 bridgehead atoms. The van der Waals surface area contributed by atoms with E-state index in [0.29, 0.717) is 0 Å². The Morgan fingerprint density at radius 1 is 1.29 bits per heavy atom. The van der Waals surface area contributed by atoms with Crippen LogP contribution in [-0.2, 0) is 6.54 Å². The largest absolute Gasteiger partial charge is 0.347 e. The maximum atomic E-state index is 2.34. The molecule has 2 rings (SSSR count). The van der Waals surface area contributed by atoms with Crippen molar-refractivity contribution in [1.82, 2.24) is 4.57 Å². The van der Waals surface area contributed by atoms with Crippen molar-refractivity contribution in [3.63, 3.8) is 0 Å². The molecule has 0 amide bonds. The van der Waals surface area contributed by atoms with E-state index in [1.807, 2.05) is 0 Å². The lowest BCUT2D eigenvalue weighted by Gasteiger charge is -2.01. The number of aryl methyl sites for hydroxylation is 1. The van der Waals surface area contributed by atoms with E-state index >= 15 is 0 Å². The molecule has 0 unspecified atom stereocenters. The monoisotopic (exact) mass is 186 g/mol. The third-order valence-corrected chi connectivity index (χ3v) is 2.59. The van der Waals surface area contributed by atoms with Crippen molar-refractivity contribution in [3.8, 4) is 0 Å². The Hall–Kier alpha value is -1.24. The van der Waals surface area contributed by atoms with Crippen LogP contribution in [0, 0.1) is 6.42 Å². The van der Waals surface area contributed by atoms with Gasteiger partial charge in [0.25, 0.3) is 0 Å². The Bertz CT molecular complexity index is 426. The van der Waals surface area contributed by atoms with Crippen molar-refractivity contribution in [1.29, 1.82) is 0 Å². The van der Waals surface area contributed by atoms with Crippen LogP contribution in [0.2, 0.25) is 0 Å². The topological polar surface area (TPSA) is 4.93 Å². The first-order valence-corrected chi connectivity index (χ1v) is 5.24. The molecule has 0 aliphatic heterocycles. The molecule has 0 spiro atoms. The van der Waals surface area contributed by atoms with E-state index < -0.39 is 0 Å². The summed E-state index contributed by atoms with van der Waals surface area (Å²) in [6.07, 6.45) is 5.60. The zero-order valence-electron chi connectivity index (χ0n) is 8.83. The van der Waals surface area contributed by atoms with Crippen LogP contribution in [0.25, 0.3) is 10.9 Å². The summed E-state index contributed by atoms with van der Waals surface area (Å²) >= 11 is 0. The quantitative estimate of drug-likeness (QED) is 0.690. The highest BCUT2D eigenvalue weighted by Crippen LogP contribution is 2.22. The Labute approximate surface area is 85.4 Å². The highest BCUT2D eigenvalue weighted by Gasteiger charge is 2.04. The lowest BCUT2D eigenvalue weighted by atomic mass is 10.1. The fourth-order valence-corrected chi connectivity index (χ4v) is 1.93. The molecule has 0 fully saturated rings. The average Bonchev–Trinajstić information content (AvgIpc) is 2.58. The van der Waals surface area contributed by atoms with Gasteiger partial charge < -0.3 is 4.57 Å². The van der Waals surface area contributed by atoms with Gasteiger partial charge in [-0.05, 0) is 24.5 Å². The molecule has 2 aromatic rings. The summed E-state index contributed by atoms with van der Waals surface area (Å²) in [6, 6.07) is 8.59. The van der Waals surface area contributed by atoms with Crippen LogP contribution in [0.1, 0.15) is 25.8 Å². The summed E-state index contributed by atoms with van der Waals surface area (Å²) in [4.78, 5) is 0. The number of hydrogen-bond acceptors (Lipinski definition) is 0. The van der Waals surface area contributed by atoms with Gasteiger partial charge in [0, 0.05) is 23.6 Å². The second-order valence-corrected chi connectivity index (χ2v) is 3.58. The van der Waals surface area contributed by atoms with E-state index in [1.54, 1.807) is 0 Å². The minimum Gasteiger partial charge on any atom is -0.347 e. The first-order chi connectivity index (χ1) is 6.86. The number of rotatable bonds is 3. The van der Waals surface area contributed by atoms with Gasteiger partial charge in [-0.15, -0.1) is 0 Å². The Kier molecular flexibility index (Phi) is 2.58. The van der Waals surface area contributed by atoms with Crippen molar-refractivity contribution in [2.45, 2.75) is 26.8 Å². The summed E-state index contributed by atoms with van der Waals surface area (Å²) in [5.74, 6) is 0. The molecule has 0 saturated carbocycles. The Morgan fingerprint density at radius 3 is 2.79 bits per heavy atom. The van der Waals surface area contributed by atoms with Crippen LogP contribution >= 0.6 is 0 Å². The van der Waals surface area contributed by atoms with E-state index in [1.165, 1.54) is 22.9 Å². The fraction of sp³-hybridized carbons (Fsp3) is 0.308. The second-order valence-electron chi connectivity index (χ2n) is 3.58. The van der Waals surface area contributed by atoms with E-state index in [4.69, 9.17) is 0 Å². The van der Waals surface area contributed by atoms with Crippen molar-refractivity contribution in [2.75, 3.05) is 0 Å². The van der Waals surface area contributed by atoms with Crippen LogP contribution < -0.4 is 0 Å². The Balaban J connectivity index is 2.61. The third kappa shape index (κ3) is 1.43. The molecule has 0 atom stereocenters. The normalized spacial score (nSPS) is 11.0. The molecule has 1 heterocycles. The molecule has 73 valence electrons. The van der Waals surface area contributed by atoms with E-state index in [9.17, 15) is 0 Å². The van der Waals surface area contributed by atoms with Gasteiger partial charge in [-0.25, -0.2) is 0 Å². The number of para-hydroxylation sites is 1. The minimum absolute atomic E-state index is 1.11. The smallest absolute Gasteiger partial charge is 0.0483 e. The van der Waals surface area contributed by atoms with Gasteiger partial charge in [-0.1, -0.05) is 32.0 Å². The van der Waals surface area contributed by atoms with Crippen molar-refractivity contribution in [2.24, 2.45) is 0 Å². The van der Waals surface area contributed by atoms with Crippen molar-refractivity contribution < 1.29 is 0 Å². The first-order valence-electron chi connectivity index (χ1n) is 5.24. The van der Waals surface area contributed by atoms with Gasteiger partial charge in [0.1, 0.15) is 0 Å². The molecule has 1 aromatic carbocycles. The predicted molar refractivity (Wildman–Crippen MR) is 61.3 cm³/mol. The molecule has 0 aliphatic carbocycles. The molecule has 14 heavy (non-hydrogen) atoms. The van der Waals surface area contributed by atoms with Gasteiger partial charge in [0.2, 0.25) is 0 Å². The van der Waals surface area contributed by atoms with Crippen LogP contribution in [0.3, 0.4) is 0 Å². The summed E-state index contributed by atoms with van der Waals surface area (Å²) in [7, 11) is 0. The number of nitrogens with zero attached hydrogens (tertiary/aromatic N) is 1. The maximum Gasteiger partial charge on any atom is 0.0483 e. The molecule has 1 aromatic heterocycles. The minimum atomic E-state index is 1.11. The average molecular weight is 186 g/mol. The SMILES string of the molecule is C[CH]c1cn(CCC)c2ccccc12. The Morgan fingerprint density at radius 2 is 2.07 bits per heavy atom. The summed E-state index contributed by atoms with van der Waals surface area (Å²) in [5, 5.41) is 1.36. The maximum absolute atomic E-state index is 2.34. The zero-order chi connectivity index (χ0) is 9.97. The molecule has 0 aliphatic rings.